The molecule has 0 unspecified atom stereocenters. The van der Waals surface area contributed by atoms with Crippen LogP contribution in [0.4, 0.5) is 5.00 Å². The zero-order valence-corrected chi connectivity index (χ0v) is 15.5. The van der Waals surface area contributed by atoms with Crippen molar-refractivity contribution in [2.75, 3.05) is 5.32 Å². The Morgan fingerprint density at radius 3 is 2.46 bits per heavy atom. The number of hydrogen-bond donors (Lipinski definition) is 2. The first-order valence-electron chi connectivity index (χ1n) is 9.39. The Kier molecular flexibility index (Phi) is 5.02. The molecule has 0 radical (unpaired) electrons. The second-order valence-corrected chi connectivity index (χ2v) is 8.17. The molecule has 6 heteroatoms. The van der Waals surface area contributed by atoms with Gasteiger partial charge < -0.3 is 10.6 Å². The monoisotopic (exact) mass is 369 g/mol. The van der Waals surface area contributed by atoms with Crippen LogP contribution in [0.5, 0.6) is 0 Å². The lowest BCUT2D eigenvalue weighted by atomic mass is 9.96. The molecule has 1 fully saturated rings. The van der Waals surface area contributed by atoms with E-state index in [-0.39, 0.29) is 11.8 Å². The summed E-state index contributed by atoms with van der Waals surface area (Å²) in [5.41, 5.74) is 2.40. The van der Waals surface area contributed by atoms with Crippen molar-refractivity contribution in [1.82, 2.24) is 10.3 Å². The number of aromatic nitrogens is 1. The van der Waals surface area contributed by atoms with Crippen molar-refractivity contribution in [2.24, 2.45) is 0 Å². The molecule has 0 aromatic carbocycles. The predicted molar refractivity (Wildman–Crippen MR) is 103 cm³/mol. The van der Waals surface area contributed by atoms with E-state index < -0.39 is 0 Å². The molecule has 4 rings (SSSR count). The minimum Gasteiger partial charge on any atom is -0.349 e. The Bertz CT molecular complexity index is 812. The van der Waals surface area contributed by atoms with E-state index in [1.54, 1.807) is 35.9 Å². The zero-order chi connectivity index (χ0) is 17.9. The van der Waals surface area contributed by atoms with Crippen LogP contribution in [-0.4, -0.2) is 22.8 Å². The lowest BCUT2D eigenvalue weighted by Crippen LogP contribution is -2.27. The Morgan fingerprint density at radius 2 is 1.73 bits per heavy atom. The van der Waals surface area contributed by atoms with Gasteiger partial charge in [-0.05, 0) is 56.2 Å². The van der Waals surface area contributed by atoms with E-state index in [4.69, 9.17) is 0 Å². The van der Waals surface area contributed by atoms with Gasteiger partial charge in [0.2, 0.25) is 0 Å². The summed E-state index contributed by atoms with van der Waals surface area (Å²) in [4.78, 5) is 30.7. The first-order chi connectivity index (χ1) is 12.7. The molecule has 2 N–H and O–H groups in total. The Balaban J connectivity index is 1.66. The van der Waals surface area contributed by atoms with Crippen molar-refractivity contribution in [2.45, 2.75) is 57.4 Å². The van der Waals surface area contributed by atoms with Crippen molar-refractivity contribution >= 4 is 28.2 Å². The maximum atomic E-state index is 12.9. The number of carbonyl (C=O) groups excluding carboxylic acids is 2. The average Bonchev–Trinajstić information content (AvgIpc) is 3.38. The smallest absolute Gasteiger partial charge is 0.256 e. The van der Waals surface area contributed by atoms with Crippen LogP contribution in [0.25, 0.3) is 0 Å². The van der Waals surface area contributed by atoms with E-state index in [1.165, 1.54) is 17.7 Å². The quantitative estimate of drug-likeness (QED) is 0.857. The maximum Gasteiger partial charge on any atom is 0.256 e. The number of nitrogens with one attached hydrogen (secondary N) is 2. The Labute approximate surface area is 157 Å². The fourth-order valence-electron chi connectivity index (χ4n) is 3.41. The molecule has 0 atom stereocenters. The van der Waals surface area contributed by atoms with Gasteiger partial charge in [-0.2, -0.15) is 0 Å². The van der Waals surface area contributed by atoms with Crippen LogP contribution >= 0.6 is 11.3 Å². The molecule has 2 aliphatic carbocycles. The minimum atomic E-state index is -0.193. The third kappa shape index (κ3) is 3.80. The molecule has 2 aromatic heterocycles. The number of amides is 2. The molecular formula is C20H23N3O2S. The van der Waals surface area contributed by atoms with Gasteiger partial charge in [0.15, 0.2) is 0 Å². The molecule has 2 aliphatic rings. The number of thiophene rings is 1. The largest absolute Gasteiger partial charge is 0.349 e. The van der Waals surface area contributed by atoms with Crippen molar-refractivity contribution in [3.05, 3.63) is 46.1 Å². The van der Waals surface area contributed by atoms with Gasteiger partial charge in [0.25, 0.3) is 11.8 Å². The molecule has 136 valence electrons. The van der Waals surface area contributed by atoms with E-state index in [0.717, 1.165) is 44.1 Å². The van der Waals surface area contributed by atoms with E-state index in [2.05, 4.69) is 15.6 Å². The number of hydrogen-bond acceptors (Lipinski definition) is 4. The first-order valence-corrected chi connectivity index (χ1v) is 10.2. The normalized spacial score (nSPS) is 16.9. The molecule has 0 aliphatic heterocycles. The third-order valence-corrected chi connectivity index (χ3v) is 6.19. The molecule has 1 saturated carbocycles. The maximum absolute atomic E-state index is 12.9. The summed E-state index contributed by atoms with van der Waals surface area (Å²) in [6.07, 6.45) is 11.9. The lowest BCUT2D eigenvalue weighted by Gasteiger charge is -2.12. The van der Waals surface area contributed by atoms with Crippen LogP contribution in [0.2, 0.25) is 0 Å². The third-order valence-electron chi connectivity index (χ3n) is 4.98. The van der Waals surface area contributed by atoms with Gasteiger partial charge in [0.1, 0.15) is 5.00 Å². The fraction of sp³-hybridized carbons (Fsp3) is 0.450. The summed E-state index contributed by atoms with van der Waals surface area (Å²) in [7, 11) is 0. The van der Waals surface area contributed by atoms with Gasteiger partial charge in [0, 0.05) is 28.9 Å². The van der Waals surface area contributed by atoms with E-state index in [1.807, 2.05) is 0 Å². The summed E-state index contributed by atoms with van der Waals surface area (Å²) in [5, 5.41) is 6.78. The molecule has 0 spiro atoms. The lowest BCUT2D eigenvalue weighted by molar-refractivity contribution is 0.0951. The van der Waals surface area contributed by atoms with Crippen LogP contribution < -0.4 is 10.6 Å². The van der Waals surface area contributed by atoms with Gasteiger partial charge in [-0.1, -0.05) is 12.8 Å². The summed E-state index contributed by atoms with van der Waals surface area (Å²) in [6.45, 7) is 0. The summed E-state index contributed by atoms with van der Waals surface area (Å²) >= 11 is 1.57. The van der Waals surface area contributed by atoms with Crippen LogP contribution in [0.3, 0.4) is 0 Å². The zero-order valence-electron chi connectivity index (χ0n) is 14.7. The first kappa shape index (κ1) is 17.2. The highest BCUT2D eigenvalue weighted by atomic mass is 32.1. The van der Waals surface area contributed by atoms with Crippen molar-refractivity contribution in [3.8, 4) is 0 Å². The van der Waals surface area contributed by atoms with E-state index in [9.17, 15) is 9.59 Å². The van der Waals surface area contributed by atoms with Crippen molar-refractivity contribution in [1.29, 1.82) is 0 Å². The highest BCUT2D eigenvalue weighted by Gasteiger charge is 2.29. The average molecular weight is 369 g/mol. The molecule has 2 heterocycles. The Hall–Kier alpha value is -2.21. The Morgan fingerprint density at radius 1 is 1.00 bits per heavy atom. The van der Waals surface area contributed by atoms with Crippen LogP contribution in [0.1, 0.15) is 69.7 Å². The molecule has 5 nitrogen and oxygen atoms in total. The highest BCUT2D eigenvalue weighted by Crippen LogP contribution is 2.37. The number of anilines is 1. The number of nitrogens with zero attached hydrogens (tertiary/aromatic N) is 1. The summed E-state index contributed by atoms with van der Waals surface area (Å²) < 4.78 is 0. The van der Waals surface area contributed by atoms with Gasteiger partial charge in [-0.15, -0.1) is 11.3 Å². The topological polar surface area (TPSA) is 71.1 Å². The number of fused-ring (bicyclic) bond motifs is 1. The molecule has 26 heavy (non-hydrogen) atoms. The molecule has 2 amide bonds. The standard InChI is InChI=1S/C20H23N3O2S/c24-18(13-9-11-21-12-10-13)23-20-17(19(25)22-14-7-8-14)15-5-3-1-2-4-6-16(15)26-20/h9-12,14H,1-8H2,(H,22,25)(H,23,24). The van der Waals surface area contributed by atoms with E-state index >= 15 is 0 Å². The van der Waals surface area contributed by atoms with Crippen LogP contribution in [-0.2, 0) is 12.8 Å². The van der Waals surface area contributed by atoms with Gasteiger partial charge >= 0.3 is 0 Å². The second kappa shape index (κ2) is 7.58. The predicted octanol–water partition coefficient (Wildman–Crippen LogP) is 3.95. The molecule has 0 saturated heterocycles. The number of aryl methyl sites for hydroxylation is 1. The minimum absolute atomic E-state index is 0.0319. The van der Waals surface area contributed by atoms with Crippen LogP contribution in [0.15, 0.2) is 24.5 Å². The van der Waals surface area contributed by atoms with Crippen molar-refractivity contribution in [3.63, 3.8) is 0 Å². The summed E-state index contributed by atoms with van der Waals surface area (Å²) in [5.74, 6) is -0.224. The fourth-order valence-corrected chi connectivity index (χ4v) is 4.69. The number of pyridine rings is 1. The van der Waals surface area contributed by atoms with Gasteiger partial charge in [-0.25, -0.2) is 0 Å². The summed E-state index contributed by atoms with van der Waals surface area (Å²) in [6, 6.07) is 3.67. The van der Waals surface area contributed by atoms with Gasteiger partial charge in [-0.3, -0.25) is 14.6 Å². The van der Waals surface area contributed by atoms with Crippen LogP contribution in [0, 0.1) is 0 Å². The van der Waals surface area contributed by atoms with Crippen molar-refractivity contribution < 1.29 is 9.59 Å². The SMILES string of the molecule is O=C(Nc1sc2c(c1C(=O)NC1CC1)CCCCCC2)c1ccncc1. The molecule has 0 bridgehead atoms. The molecule has 2 aromatic rings. The number of carbonyl (C=O) groups is 2. The van der Waals surface area contributed by atoms with Gasteiger partial charge in [0.05, 0.1) is 5.56 Å². The molecular weight excluding hydrogens is 346 g/mol. The number of rotatable bonds is 4. The van der Waals surface area contributed by atoms with E-state index in [0.29, 0.717) is 22.2 Å². The second-order valence-electron chi connectivity index (χ2n) is 7.06. The highest BCUT2D eigenvalue weighted by molar-refractivity contribution is 7.17.